The van der Waals surface area contributed by atoms with Gasteiger partial charge < -0.3 is 9.42 Å². The number of benzene rings is 3. The lowest BCUT2D eigenvalue weighted by Crippen LogP contribution is -2.35. The number of aryl methyl sites for hydroxylation is 1. The summed E-state index contributed by atoms with van der Waals surface area (Å²) in [7, 11) is 0. The molecule has 0 fully saturated rings. The minimum absolute atomic E-state index is 0.0650. The molecule has 1 heterocycles. The second kappa shape index (κ2) is 10.9. The molecular formula is C27H26ClN3O2. The largest absolute Gasteiger partial charge is 0.339 e. The molecule has 4 aromatic rings. The smallest absolute Gasteiger partial charge is 0.228 e. The highest BCUT2D eigenvalue weighted by atomic mass is 35.5. The summed E-state index contributed by atoms with van der Waals surface area (Å²) in [5, 5.41) is 4.70. The Morgan fingerprint density at radius 3 is 2.42 bits per heavy atom. The standard InChI is InChI=1S/C27H26ClN3O2/c1-20(22-11-6-3-7-12-22)31(26(32)16-15-21-9-4-2-5-10-21)18-17-25-29-27(30-33-25)23-13-8-14-24(28)19-23/h2-14,19-20H,15-18H2,1H3/t20-/m0/s1. The SMILES string of the molecule is C[C@@H](c1ccccc1)N(CCc1nc(-c2cccc(Cl)c2)no1)C(=O)CCc1ccccc1. The van der Waals surface area contributed by atoms with Gasteiger partial charge in [-0.1, -0.05) is 89.6 Å². The Hall–Kier alpha value is -3.44. The van der Waals surface area contributed by atoms with Gasteiger partial charge in [-0.25, -0.2) is 0 Å². The topological polar surface area (TPSA) is 59.2 Å². The maximum absolute atomic E-state index is 13.3. The quantitative estimate of drug-likeness (QED) is 0.301. The number of amides is 1. The van der Waals surface area contributed by atoms with Crippen LogP contribution in [0.1, 0.15) is 36.4 Å². The van der Waals surface area contributed by atoms with Crippen LogP contribution >= 0.6 is 11.6 Å². The molecule has 33 heavy (non-hydrogen) atoms. The van der Waals surface area contributed by atoms with Crippen molar-refractivity contribution >= 4 is 17.5 Å². The Labute approximate surface area is 199 Å². The molecule has 5 nitrogen and oxygen atoms in total. The summed E-state index contributed by atoms with van der Waals surface area (Å²) in [6, 6.07) is 27.4. The molecule has 0 spiro atoms. The van der Waals surface area contributed by atoms with Crippen molar-refractivity contribution in [2.75, 3.05) is 6.54 Å². The molecule has 4 rings (SSSR count). The fourth-order valence-corrected chi connectivity index (χ4v) is 3.99. The number of hydrogen-bond donors (Lipinski definition) is 0. The molecule has 0 radical (unpaired) electrons. The van der Waals surface area contributed by atoms with E-state index in [-0.39, 0.29) is 11.9 Å². The fraction of sp³-hybridized carbons (Fsp3) is 0.222. The molecule has 0 aliphatic rings. The molecule has 1 atom stereocenters. The van der Waals surface area contributed by atoms with Crippen molar-refractivity contribution in [2.45, 2.75) is 32.2 Å². The van der Waals surface area contributed by atoms with Gasteiger partial charge in [-0.2, -0.15) is 4.98 Å². The Morgan fingerprint density at radius 2 is 1.70 bits per heavy atom. The average molecular weight is 460 g/mol. The zero-order chi connectivity index (χ0) is 23.0. The monoisotopic (exact) mass is 459 g/mol. The first-order chi connectivity index (χ1) is 16.1. The van der Waals surface area contributed by atoms with Gasteiger partial charge in [-0.3, -0.25) is 4.79 Å². The summed E-state index contributed by atoms with van der Waals surface area (Å²) in [6.45, 7) is 2.54. The van der Waals surface area contributed by atoms with Crippen molar-refractivity contribution in [1.29, 1.82) is 0 Å². The second-order valence-corrected chi connectivity index (χ2v) is 8.37. The Kier molecular flexibility index (Phi) is 7.53. The van der Waals surface area contributed by atoms with Gasteiger partial charge in [0.1, 0.15) is 0 Å². The van der Waals surface area contributed by atoms with Crippen LogP contribution in [-0.2, 0) is 17.6 Å². The predicted octanol–water partition coefficient (Wildman–Crippen LogP) is 6.16. The number of halogens is 1. The van der Waals surface area contributed by atoms with E-state index in [9.17, 15) is 4.79 Å². The van der Waals surface area contributed by atoms with E-state index in [1.54, 1.807) is 12.1 Å². The average Bonchev–Trinajstić information content (AvgIpc) is 3.33. The van der Waals surface area contributed by atoms with Gasteiger partial charge in [-0.15, -0.1) is 0 Å². The third-order valence-electron chi connectivity index (χ3n) is 5.66. The van der Waals surface area contributed by atoms with Gasteiger partial charge in [0.2, 0.25) is 17.6 Å². The Morgan fingerprint density at radius 1 is 0.970 bits per heavy atom. The lowest BCUT2D eigenvalue weighted by atomic mass is 10.0. The number of nitrogens with zero attached hydrogens (tertiary/aromatic N) is 3. The summed E-state index contributed by atoms with van der Waals surface area (Å²) < 4.78 is 5.46. The molecule has 0 bridgehead atoms. The molecule has 1 aromatic heterocycles. The second-order valence-electron chi connectivity index (χ2n) is 7.93. The highest BCUT2D eigenvalue weighted by Crippen LogP contribution is 2.23. The van der Waals surface area contributed by atoms with Crippen molar-refractivity contribution in [1.82, 2.24) is 15.0 Å². The third kappa shape index (κ3) is 6.08. The molecule has 0 N–H and O–H groups in total. The summed E-state index contributed by atoms with van der Waals surface area (Å²) in [4.78, 5) is 19.7. The summed E-state index contributed by atoms with van der Waals surface area (Å²) >= 11 is 6.08. The van der Waals surface area contributed by atoms with Gasteiger partial charge in [0.05, 0.1) is 6.04 Å². The van der Waals surface area contributed by atoms with Crippen LogP contribution in [0.15, 0.2) is 89.5 Å². The summed E-state index contributed by atoms with van der Waals surface area (Å²) in [5.74, 6) is 1.08. The summed E-state index contributed by atoms with van der Waals surface area (Å²) in [5.41, 5.74) is 3.04. The molecule has 0 unspecified atom stereocenters. The van der Waals surface area contributed by atoms with Crippen LogP contribution in [0.25, 0.3) is 11.4 Å². The third-order valence-corrected chi connectivity index (χ3v) is 5.89. The van der Waals surface area contributed by atoms with Gasteiger partial charge in [0.25, 0.3) is 0 Å². The zero-order valence-corrected chi connectivity index (χ0v) is 19.3. The van der Waals surface area contributed by atoms with Crippen LogP contribution in [0, 0.1) is 0 Å². The number of carbonyl (C=O) groups is 1. The van der Waals surface area contributed by atoms with Crippen LogP contribution in [0.3, 0.4) is 0 Å². The number of carbonyl (C=O) groups excluding carboxylic acids is 1. The molecule has 0 saturated carbocycles. The maximum atomic E-state index is 13.3. The maximum Gasteiger partial charge on any atom is 0.228 e. The Balaban J connectivity index is 1.47. The molecule has 168 valence electrons. The first-order valence-corrected chi connectivity index (χ1v) is 11.4. The van der Waals surface area contributed by atoms with E-state index in [0.717, 1.165) is 16.7 Å². The number of rotatable bonds is 9. The molecule has 3 aromatic carbocycles. The van der Waals surface area contributed by atoms with E-state index in [1.807, 2.05) is 77.7 Å². The lowest BCUT2D eigenvalue weighted by Gasteiger charge is -2.29. The molecule has 0 aliphatic heterocycles. The van der Waals surface area contributed by atoms with Crippen molar-refractivity contribution in [3.05, 3.63) is 107 Å². The minimum atomic E-state index is -0.0650. The fourth-order valence-electron chi connectivity index (χ4n) is 3.80. The van der Waals surface area contributed by atoms with E-state index >= 15 is 0 Å². The summed E-state index contributed by atoms with van der Waals surface area (Å²) in [6.07, 6.45) is 1.62. The molecule has 6 heteroatoms. The highest BCUT2D eigenvalue weighted by molar-refractivity contribution is 6.30. The van der Waals surface area contributed by atoms with Crippen LogP contribution in [0.5, 0.6) is 0 Å². The van der Waals surface area contributed by atoms with Crippen molar-refractivity contribution in [3.63, 3.8) is 0 Å². The lowest BCUT2D eigenvalue weighted by molar-refractivity contribution is -0.133. The van der Waals surface area contributed by atoms with Crippen molar-refractivity contribution < 1.29 is 9.32 Å². The van der Waals surface area contributed by atoms with Gasteiger partial charge >= 0.3 is 0 Å². The van der Waals surface area contributed by atoms with Gasteiger partial charge in [0, 0.05) is 30.0 Å². The van der Waals surface area contributed by atoms with E-state index in [4.69, 9.17) is 16.1 Å². The van der Waals surface area contributed by atoms with Crippen molar-refractivity contribution in [3.8, 4) is 11.4 Å². The van der Waals surface area contributed by atoms with Crippen LogP contribution < -0.4 is 0 Å². The Bertz CT molecular complexity index is 1180. The van der Waals surface area contributed by atoms with Crippen LogP contribution in [0.4, 0.5) is 0 Å². The molecular weight excluding hydrogens is 434 g/mol. The zero-order valence-electron chi connectivity index (χ0n) is 18.5. The van der Waals surface area contributed by atoms with Gasteiger partial charge in [0.15, 0.2) is 0 Å². The van der Waals surface area contributed by atoms with Crippen molar-refractivity contribution in [2.24, 2.45) is 0 Å². The number of hydrogen-bond acceptors (Lipinski definition) is 4. The first kappa shape index (κ1) is 22.7. The molecule has 1 amide bonds. The van der Waals surface area contributed by atoms with E-state index in [1.165, 1.54) is 0 Å². The van der Waals surface area contributed by atoms with E-state index < -0.39 is 0 Å². The van der Waals surface area contributed by atoms with Crippen LogP contribution in [0.2, 0.25) is 5.02 Å². The minimum Gasteiger partial charge on any atom is -0.339 e. The van der Waals surface area contributed by atoms with E-state index in [0.29, 0.717) is 42.5 Å². The first-order valence-electron chi connectivity index (χ1n) is 11.1. The highest BCUT2D eigenvalue weighted by Gasteiger charge is 2.22. The predicted molar refractivity (Wildman–Crippen MR) is 130 cm³/mol. The van der Waals surface area contributed by atoms with Crippen LogP contribution in [-0.4, -0.2) is 27.5 Å². The van der Waals surface area contributed by atoms with Gasteiger partial charge in [-0.05, 0) is 36.6 Å². The molecule has 0 aliphatic carbocycles. The molecule has 0 saturated heterocycles. The van der Waals surface area contributed by atoms with E-state index in [2.05, 4.69) is 17.1 Å². The number of aromatic nitrogens is 2. The normalized spacial score (nSPS) is 11.8.